The van der Waals surface area contributed by atoms with Crippen molar-refractivity contribution in [3.63, 3.8) is 0 Å². The topological polar surface area (TPSA) is 66.6 Å². The Balaban J connectivity index is 2.47. The van der Waals surface area contributed by atoms with Crippen LogP contribution in [0, 0.1) is 11.8 Å². The van der Waals surface area contributed by atoms with Crippen molar-refractivity contribution in [2.45, 2.75) is 39.7 Å². The predicted molar refractivity (Wildman–Crippen MR) is 85.8 cm³/mol. The molecule has 21 heavy (non-hydrogen) atoms. The second-order valence-electron chi connectivity index (χ2n) is 6.04. The molecule has 0 fully saturated rings. The fraction of sp³-hybridized carbons (Fsp3) is 0.588. The number of hydrogen-bond acceptors (Lipinski definition) is 3. The van der Waals surface area contributed by atoms with Gasteiger partial charge in [0.15, 0.2) is 0 Å². The van der Waals surface area contributed by atoms with Crippen molar-refractivity contribution in [3.05, 3.63) is 29.8 Å². The quantitative estimate of drug-likeness (QED) is 0.774. The van der Waals surface area contributed by atoms with Crippen LogP contribution in [0.5, 0.6) is 5.75 Å². The molecule has 0 aliphatic rings. The van der Waals surface area contributed by atoms with E-state index in [2.05, 4.69) is 13.8 Å². The lowest BCUT2D eigenvalue weighted by molar-refractivity contribution is -0.130. The molecule has 0 heterocycles. The van der Waals surface area contributed by atoms with E-state index in [1.165, 1.54) is 0 Å². The van der Waals surface area contributed by atoms with Crippen LogP contribution in [0.4, 0.5) is 0 Å². The molecule has 0 aromatic heterocycles. The lowest BCUT2D eigenvalue weighted by atomic mass is 9.88. The van der Waals surface area contributed by atoms with E-state index in [1.807, 2.05) is 6.07 Å². The first kappa shape index (κ1) is 17.5. The van der Waals surface area contributed by atoms with Gasteiger partial charge in [-0.25, -0.2) is 0 Å². The van der Waals surface area contributed by atoms with Crippen molar-refractivity contribution in [2.24, 2.45) is 17.6 Å². The maximum absolute atomic E-state index is 12.2. The Bertz CT molecular complexity index is 446. The van der Waals surface area contributed by atoms with Gasteiger partial charge in [-0.3, -0.25) is 4.79 Å². The summed E-state index contributed by atoms with van der Waals surface area (Å²) in [7, 11) is 1.81. The summed E-state index contributed by atoms with van der Waals surface area (Å²) in [6, 6.07) is 7.02. The molecule has 1 unspecified atom stereocenters. The number of amides is 1. The maximum Gasteiger partial charge on any atom is 0.222 e. The summed E-state index contributed by atoms with van der Waals surface area (Å²) in [5, 5.41) is 9.45. The molecule has 0 radical (unpaired) electrons. The van der Waals surface area contributed by atoms with Gasteiger partial charge in [-0.15, -0.1) is 0 Å². The van der Waals surface area contributed by atoms with Gasteiger partial charge in [-0.05, 0) is 48.9 Å². The summed E-state index contributed by atoms with van der Waals surface area (Å²) >= 11 is 0. The Hall–Kier alpha value is -1.55. The summed E-state index contributed by atoms with van der Waals surface area (Å²) in [6.07, 6.45) is 2.41. The Kier molecular flexibility index (Phi) is 7.23. The largest absolute Gasteiger partial charge is 0.508 e. The second kappa shape index (κ2) is 8.67. The summed E-state index contributed by atoms with van der Waals surface area (Å²) in [5.41, 5.74) is 6.57. The molecule has 0 aliphatic carbocycles. The molecule has 3 N–H and O–H groups in total. The van der Waals surface area contributed by atoms with Crippen LogP contribution in [0.25, 0.3) is 0 Å². The van der Waals surface area contributed by atoms with Gasteiger partial charge in [0, 0.05) is 20.0 Å². The van der Waals surface area contributed by atoms with E-state index in [0.717, 1.165) is 18.4 Å². The third kappa shape index (κ3) is 6.17. The molecule has 118 valence electrons. The molecule has 1 aromatic rings. The Morgan fingerprint density at radius 2 is 2.05 bits per heavy atom. The molecule has 1 atom stereocenters. The Morgan fingerprint density at radius 3 is 2.62 bits per heavy atom. The van der Waals surface area contributed by atoms with Crippen molar-refractivity contribution in [1.82, 2.24) is 4.90 Å². The summed E-state index contributed by atoms with van der Waals surface area (Å²) in [6.45, 7) is 5.56. The van der Waals surface area contributed by atoms with Crippen LogP contribution in [0.15, 0.2) is 24.3 Å². The Morgan fingerprint density at radius 1 is 1.33 bits per heavy atom. The number of hydrogen-bond donors (Lipinski definition) is 2. The molecule has 0 spiro atoms. The van der Waals surface area contributed by atoms with Gasteiger partial charge in [-0.1, -0.05) is 26.0 Å². The third-order valence-electron chi connectivity index (χ3n) is 3.97. The van der Waals surface area contributed by atoms with Crippen molar-refractivity contribution in [3.8, 4) is 5.75 Å². The van der Waals surface area contributed by atoms with Crippen LogP contribution in [-0.2, 0) is 11.3 Å². The lowest BCUT2D eigenvalue weighted by Gasteiger charge is -2.22. The zero-order valence-corrected chi connectivity index (χ0v) is 13.4. The average molecular weight is 292 g/mol. The molecular weight excluding hydrogens is 264 g/mol. The van der Waals surface area contributed by atoms with Crippen LogP contribution in [-0.4, -0.2) is 29.5 Å². The van der Waals surface area contributed by atoms with Crippen molar-refractivity contribution >= 4 is 5.91 Å². The average Bonchev–Trinajstić information content (AvgIpc) is 2.42. The first-order valence-corrected chi connectivity index (χ1v) is 7.66. The fourth-order valence-electron chi connectivity index (χ4n) is 2.54. The van der Waals surface area contributed by atoms with Gasteiger partial charge in [-0.2, -0.15) is 0 Å². The van der Waals surface area contributed by atoms with Crippen LogP contribution < -0.4 is 5.73 Å². The summed E-state index contributed by atoms with van der Waals surface area (Å²) < 4.78 is 0. The highest BCUT2D eigenvalue weighted by Gasteiger charge is 2.16. The first-order chi connectivity index (χ1) is 9.93. The van der Waals surface area contributed by atoms with E-state index in [9.17, 15) is 9.90 Å². The molecule has 0 saturated heterocycles. The van der Waals surface area contributed by atoms with E-state index < -0.39 is 0 Å². The molecule has 1 rings (SSSR count). The van der Waals surface area contributed by atoms with E-state index in [4.69, 9.17) is 5.73 Å². The molecule has 0 bridgehead atoms. The van der Waals surface area contributed by atoms with E-state index >= 15 is 0 Å². The number of rotatable bonds is 8. The van der Waals surface area contributed by atoms with Crippen LogP contribution in [0.1, 0.15) is 38.7 Å². The van der Waals surface area contributed by atoms with Gasteiger partial charge in [0.2, 0.25) is 5.91 Å². The summed E-state index contributed by atoms with van der Waals surface area (Å²) in [4.78, 5) is 13.9. The molecule has 1 aromatic carbocycles. The number of nitrogens with zero attached hydrogens (tertiary/aromatic N) is 1. The maximum atomic E-state index is 12.2. The Labute approximate surface area is 128 Å². The third-order valence-corrected chi connectivity index (χ3v) is 3.97. The van der Waals surface area contributed by atoms with Gasteiger partial charge < -0.3 is 15.7 Å². The highest BCUT2D eigenvalue weighted by molar-refractivity contribution is 5.75. The number of phenolic OH excluding ortho intramolecular Hbond substituents is 1. The number of aromatic hydroxyl groups is 1. The zero-order chi connectivity index (χ0) is 15.8. The smallest absolute Gasteiger partial charge is 0.222 e. The SMILES string of the molecule is CC(C)C(CCN)CCC(=O)N(C)Cc1cccc(O)c1. The minimum absolute atomic E-state index is 0.140. The first-order valence-electron chi connectivity index (χ1n) is 7.66. The standard InChI is InChI=1S/C17H28N2O2/c1-13(2)15(9-10-18)7-8-17(21)19(3)12-14-5-4-6-16(20)11-14/h4-6,11,13,15,20H,7-10,12,18H2,1-3H3. The van der Waals surface area contributed by atoms with E-state index in [-0.39, 0.29) is 11.7 Å². The van der Waals surface area contributed by atoms with Crippen LogP contribution >= 0.6 is 0 Å². The normalized spacial score (nSPS) is 12.4. The number of phenols is 1. The number of carbonyl (C=O) groups is 1. The van der Waals surface area contributed by atoms with Gasteiger partial charge in [0.25, 0.3) is 0 Å². The number of benzene rings is 1. The molecule has 0 aliphatic heterocycles. The molecule has 4 nitrogen and oxygen atoms in total. The predicted octanol–water partition coefficient (Wildman–Crippen LogP) is 2.75. The molecule has 1 amide bonds. The van der Waals surface area contributed by atoms with Crippen LogP contribution in [0.2, 0.25) is 0 Å². The van der Waals surface area contributed by atoms with Gasteiger partial charge in [0.05, 0.1) is 0 Å². The van der Waals surface area contributed by atoms with Gasteiger partial charge >= 0.3 is 0 Å². The summed E-state index contributed by atoms with van der Waals surface area (Å²) in [5.74, 6) is 1.43. The van der Waals surface area contributed by atoms with Crippen molar-refractivity contribution in [1.29, 1.82) is 0 Å². The van der Waals surface area contributed by atoms with Crippen molar-refractivity contribution in [2.75, 3.05) is 13.6 Å². The molecular formula is C17H28N2O2. The van der Waals surface area contributed by atoms with Crippen molar-refractivity contribution < 1.29 is 9.90 Å². The lowest BCUT2D eigenvalue weighted by Crippen LogP contribution is -2.27. The zero-order valence-electron chi connectivity index (χ0n) is 13.4. The number of nitrogens with two attached hydrogens (primary N) is 1. The molecule has 4 heteroatoms. The van der Waals surface area contributed by atoms with Gasteiger partial charge in [0.1, 0.15) is 5.75 Å². The number of carbonyl (C=O) groups excluding carboxylic acids is 1. The highest BCUT2D eigenvalue weighted by atomic mass is 16.3. The minimum atomic E-state index is 0.140. The monoisotopic (exact) mass is 292 g/mol. The fourth-order valence-corrected chi connectivity index (χ4v) is 2.54. The van der Waals surface area contributed by atoms with E-state index in [0.29, 0.717) is 31.3 Å². The van der Waals surface area contributed by atoms with E-state index in [1.54, 1.807) is 30.1 Å². The van der Waals surface area contributed by atoms with Crippen LogP contribution in [0.3, 0.4) is 0 Å². The molecule has 0 saturated carbocycles. The second-order valence-corrected chi connectivity index (χ2v) is 6.04. The highest BCUT2D eigenvalue weighted by Crippen LogP contribution is 2.21. The minimum Gasteiger partial charge on any atom is -0.508 e.